The molecule has 0 aliphatic heterocycles. The van der Waals surface area contributed by atoms with E-state index in [0.717, 1.165) is 29.8 Å². The van der Waals surface area contributed by atoms with Crippen LogP contribution in [0.4, 0.5) is 0 Å². The van der Waals surface area contributed by atoms with Crippen LogP contribution in [0.2, 0.25) is 0 Å². The van der Waals surface area contributed by atoms with Crippen LogP contribution in [0, 0.1) is 0 Å². The van der Waals surface area contributed by atoms with Crippen LogP contribution in [-0.4, -0.2) is 14.5 Å². The molecule has 3 aromatic rings. The van der Waals surface area contributed by atoms with Gasteiger partial charge in [0.25, 0.3) is 0 Å². The Hall–Kier alpha value is -1.87. The summed E-state index contributed by atoms with van der Waals surface area (Å²) in [6.45, 7) is 4.89. The maximum Gasteiger partial charge on any atom is 0.128 e. The molecule has 0 aliphatic rings. The van der Waals surface area contributed by atoms with E-state index in [-0.39, 0.29) is 5.38 Å². The fourth-order valence-electron chi connectivity index (χ4n) is 2.53. The third kappa shape index (κ3) is 2.79. The highest BCUT2D eigenvalue weighted by molar-refractivity contribution is 6.20. The first-order valence-corrected chi connectivity index (χ1v) is 7.64. The summed E-state index contributed by atoms with van der Waals surface area (Å²) in [4.78, 5) is 8.75. The molecule has 4 heteroatoms. The van der Waals surface area contributed by atoms with Crippen molar-refractivity contribution in [2.45, 2.75) is 32.2 Å². The zero-order valence-corrected chi connectivity index (χ0v) is 13.0. The van der Waals surface area contributed by atoms with E-state index in [4.69, 9.17) is 11.6 Å². The van der Waals surface area contributed by atoms with E-state index in [1.807, 2.05) is 13.0 Å². The fourth-order valence-corrected chi connectivity index (χ4v) is 2.70. The molecule has 2 heterocycles. The molecule has 0 fully saturated rings. The molecular formula is C17H18ClN3. The molecule has 1 aromatic carbocycles. The fraction of sp³-hybridized carbons (Fsp3) is 0.294. The first-order chi connectivity index (χ1) is 10.2. The van der Waals surface area contributed by atoms with Crippen LogP contribution in [0.3, 0.4) is 0 Å². The van der Waals surface area contributed by atoms with E-state index in [2.05, 4.69) is 45.7 Å². The number of nitrogens with zero attached hydrogens (tertiary/aromatic N) is 3. The van der Waals surface area contributed by atoms with Crippen LogP contribution >= 0.6 is 11.6 Å². The van der Waals surface area contributed by atoms with Gasteiger partial charge in [-0.3, -0.25) is 4.98 Å². The summed E-state index contributed by atoms with van der Waals surface area (Å²) < 4.78 is 2.18. The van der Waals surface area contributed by atoms with Gasteiger partial charge in [0.15, 0.2) is 0 Å². The predicted molar refractivity (Wildman–Crippen MR) is 86.7 cm³/mol. The average molecular weight is 300 g/mol. The Kier molecular flexibility index (Phi) is 3.93. The van der Waals surface area contributed by atoms with E-state index in [9.17, 15) is 0 Å². The minimum atomic E-state index is -0.132. The summed E-state index contributed by atoms with van der Waals surface area (Å²) >= 11 is 6.29. The highest BCUT2D eigenvalue weighted by Crippen LogP contribution is 2.25. The Labute approximate surface area is 129 Å². The maximum absolute atomic E-state index is 6.29. The second kappa shape index (κ2) is 5.86. The highest BCUT2D eigenvalue weighted by atomic mass is 35.5. The molecule has 2 aromatic heterocycles. The lowest BCUT2D eigenvalue weighted by atomic mass is 10.1. The van der Waals surface area contributed by atoms with E-state index in [1.54, 1.807) is 12.4 Å². The summed E-state index contributed by atoms with van der Waals surface area (Å²) in [6.07, 6.45) is 4.64. The van der Waals surface area contributed by atoms with Gasteiger partial charge in [0, 0.05) is 12.7 Å². The summed E-state index contributed by atoms with van der Waals surface area (Å²) in [5.74, 6) is 0.888. The van der Waals surface area contributed by atoms with Gasteiger partial charge in [0.1, 0.15) is 11.3 Å². The van der Waals surface area contributed by atoms with Gasteiger partial charge in [-0.25, -0.2) is 4.98 Å². The summed E-state index contributed by atoms with van der Waals surface area (Å²) in [5, 5.41) is -0.132. The number of hydrogen-bond acceptors (Lipinski definition) is 2. The van der Waals surface area contributed by atoms with Gasteiger partial charge >= 0.3 is 0 Å². The molecule has 3 nitrogen and oxygen atoms in total. The number of fused-ring (bicyclic) bond motifs is 1. The lowest BCUT2D eigenvalue weighted by Crippen LogP contribution is -2.05. The first-order valence-electron chi connectivity index (χ1n) is 7.21. The van der Waals surface area contributed by atoms with Crippen molar-refractivity contribution in [2.75, 3.05) is 0 Å². The molecule has 1 atom stereocenters. The van der Waals surface area contributed by atoms with Crippen LogP contribution in [0.25, 0.3) is 11.0 Å². The third-order valence-corrected chi connectivity index (χ3v) is 3.90. The lowest BCUT2D eigenvalue weighted by molar-refractivity contribution is 0.742. The van der Waals surface area contributed by atoms with Crippen LogP contribution in [-0.2, 0) is 13.0 Å². The third-order valence-electron chi connectivity index (χ3n) is 3.71. The number of aryl methyl sites for hydroxylation is 1. The normalized spacial score (nSPS) is 12.7. The van der Waals surface area contributed by atoms with Crippen molar-refractivity contribution in [3.8, 4) is 0 Å². The molecule has 21 heavy (non-hydrogen) atoms. The Morgan fingerprint density at radius 3 is 2.52 bits per heavy atom. The number of aromatic nitrogens is 3. The molecule has 3 rings (SSSR count). The lowest BCUT2D eigenvalue weighted by Gasteiger charge is -2.11. The molecule has 0 radical (unpaired) electrons. The summed E-state index contributed by atoms with van der Waals surface area (Å²) in [7, 11) is 0. The smallest absolute Gasteiger partial charge is 0.128 e. The van der Waals surface area contributed by atoms with Crippen molar-refractivity contribution in [1.29, 1.82) is 0 Å². The number of pyridine rings is 1. The van der Waals surface area contributed by atoms with Gasteiger partial charge in [-0.2, -0.15) is 0 Å². The minimum Gasteiger partial charge on any atom is -0.322 e. The van der Waals surface area contributed by atoms with Gasteiger partial charge in [-0.1, -0.05) is 31.2 Å². The van der Waals surface area contributed by atoms with Crippen molar-refractivity contribution < 1.29 is 0 Å². The molecule has 0 saturated heterocycles. The van der Waals surface area contributed by atoms with E-state index in [1.165, 1.54) is 11.1 Å². The zero-order chi connectivity index (χ0) is 14.8. The number of imidazole rings is 1. The summed E-state index contributed by atoms with van der Waals surface area (Å²) in [5.41, 5.74) is 4.57. The second-order valence-electron chi connectivity index (χ2n) is 5.21. The molecule has 108 valence electrons. The number of halogens is 1. The number of rotatable bonds is 4. The van der Waals surface area contributed by atoms with Crippen molar-refractivity contribution >= 4 is 22.6 Å². The van der Waals surface area contributed by atoms with E-state index >= 15 is 0 Å². The molecule has 0 bridgehead atoms. The Bertz CT molecular complexity index is 744. The molecule has 0 amide bonds. The molecule has 0 N–H and O–H groups in total. The Morgan fingerprint density at radius 2 is 1.86 bits per heavy atom. The number of alkyl halides is 1. The average Bonchev–Trinajstić information content (AvgIpc) is 2.87. The first kappa shape index (κ1) is 14.1. The highest BCUT2D eigenvalue weighted by Gasteiger charge is 2.15. The predicted octanol–water partition coefficient (Wildman–Crippen LogP) is 4.34. The SMILES string of the molecule is CCc1ccc(Cn2c(C(C)Cl)nc3cnccc32)cc1. The van der Waals surface area contributed by atoms with Gasteiger partial charge in [-0.05, 0) is 30.5 Å². The molecule has 0 saturated carbocycles. The zero-order valence-electron chi connectivity index (χ0n) is 12.3. The van der Waals surface area contributed by atoms with Crippen molar-refractivity contribution in [3.05, 3.63) is 59.7 Å². The molecule has 0 spiro atoms. The van der Waals surface area contributed by atoms with Gasteiger partial charge in [0.2, 0.25) is 0 Å². The van der Waals surface area contributed by atoms with Crippen LogP contribution in [0.15, 0.2) is 42.7 Å². The van der Waals surface area contributed by atoms with Crippen LogP contribution in [0.5, 0.6) is 0 Å². The quantitative estimate of drug-likeness (QED) is 0.671. The molecule has 0 aliphatic carbocycles. The summed E-state index contributed by atoms with van der Waals surface area (Å²) in [6, 6.07) is 10.7. The van der Waals surface area contributed by atoms with E-state index in [0.29, 0.717) is 0 Å². The second-order valence-corrected chi connectivity index (χ2v) is 5.86. The molecular weight excluding hydrogens is 282 g/mol. The standard InChI is InChI=1S/C17H18ClN3/c1-3-13-4-6-14(7-5-13)11-21-16-8-9-19-10-15(16)20-17(21)12(2)18/h4-10,12H,3,11H2,1-2H3. The Morgan fingerprint density at radius 1 is 1.14 bits per heavy atom. The van der Waals surface area contributed by atoms with Gasteiger partial charge in [0.05, 0.1) is 17.1 Å². The van der Waals surface area contributed by atoms with Crippen LogP contribution in [0.1, 0.15) is 36.2 Å². The number of hydrogen-bond donors (Lipinski definition) is 0. The topological polar surface area (TPSA) is 30.7 Å². The van der Waals surface area contributed by atoms with Crippen molar-refractivity contribution in [3.63, 3.8) is 0 Å². The maximum atomic E-state index is 6.29. The Balaban J connectivity index is 2.03. The minimum absolute atomic E-state index is 0.132. The van der Waals surface area contributed by atoms with Gasteiger partial charge < -0.3 is 4.57 Å². The van der Waals surface area contributed by atoms with Gasteiger partial charge in [-0.15, -0.1) is 11.6 Å². The van der Waals surface area contributed by atoms with E-state index < -0.39 is 0 Å². The van der Waals surface area contributed by atoms with Crippen LogP contribution < -0.4 is 0 Å². The number of benzene rings is 1. The van der Waals surface area contributed by atoms with Crippen molar-refractivity contribution in [2.24, 2.45) is 0 Å². The largest absolute Gasteiger partial charge is 0.322 e. The van der Waals surface area contributed by atoms with Crippen molar-refractivity contribution in [1.82, 2.24) is 14.5 Å². The monoisotopic (exact) mass is 299 g/mol. The molecule has 1 unspecified atom stereocenters.